The molecule has 1 aliphatic rings. The highest BCUT2D eigenvalue weighted by molar-refractivity contribution is 5.92. The van der Waals surface area contributed by atoms with Crippen LogP contribution in [-0.4, -0.2) is 33.2 Å². The molecular formula is C21H27N3O. The molecule has 2 heterocycles. The van der Waals surface area contributed by atoms with Crippen molar-refractivity contribution in [2.75, 3.05) is 6.54 Å². The van der Waals surface area contributed by atoms with E-state index in [9.17, 15) is 4.79 Å². The molecule has 4 nitrogen and oxygen atoms in total. The van der Waals surface area contributed by atoms with Gasteiger partial charge in [-0.1, -0.05) is 30.3 Å². The number of nitrogens with zero attached hydrogens (tertiary/aromatic N) is 3. The summed E-state index contributed by atoms with van der Waals surface area (Å²) in [6.45, 7) is 4.88. The van der Waals surface area contributed by atoms with Gasteiger partial charge in [-0.05, 0) is 51.2 Å². The molecule has 1 aliphatic heterocycles. The van der Waals surface area contributed by atoms with E-state index in [0.29, 0.717) is 6.04 Å². The monoisotopic (exact) mass is 337 g/mol. The fraction of sp³-hybridized carbons (Fsp3) is 0.429. The quantitative estimate of drug-likeness (QED) is 0.781. The van der Waals surface area contributed by atoms with Crippen molar-refractivity contribution in [3.05, 3.63) is 58.9 Å². The van der Waals surface area contributed by atoms with Crippen LogP contribution in [0.15, 0.2) is 36.4 Å². The Morgan fingerprint density at radius 2 is 2.04 bits per heavy atom. The summed E-state index contributed by atoms with van der Waals surface area (Å²) >= 11 is 0. The predicted octanol–water partition coefficient (Wildman–Crippen LogP) is 3.67. The van der Waals surface area contributed by atoms with Crippen molar-refractivity contribution in [1.82, 2.24) is 14.7 Å². The number of hydrogen-bond donors (Lipinski definition) is 0. The Kier molecular flexibility index (Phi) is 5.37. The Balaban J connectivity index is 1.63. The van der Waals surface area contributed by atoms with Gasteiger partial charge in [0.2, 0.25) is 5.91 Å². The first kappa shape index (κ1) is 17.5. The molecule has 3 rings (SSSR count). The number of benzene rings is 1. The van der Waals surface area contributed by atoms with Crippen LogP contribution in [0, 0.1) is 13.8 Å². The lowest BCUT2D eigenvalue weighted by Gasteiger charge is -2.23. The van der Waals surface area contributed by atoms with E-state index in [4.69, 9.17) is 0 Å². The molecule has 1 amide bonds. The zero-order chi connectivity index (χ0) is 17.8. The van der Waals surface area contributed by atoms with Gasteiger partial charge in [0.1, 0.15) is 0 Å². The Morgan fingerprint density at radius 1 is 1.28 bits per heavy atom. The van der Waals surface area contributed by atoms with Crippen LogP contribution in [0.3, 0.4) is 0 Å². The van der Waals surface area contributed by atoms with Gasteiger partial charge in [0.05, 0.1) is 5.69 Å². The highest BCUT2D eigenvalue weighted by Crippen LogP contribution is 2.23. The number of likely N-dealkylation sites (tertiary alicyclic amines) is 1. The minimum Gasteiger partial charge on any atom is -0.336 e. The molecule has 0 aliphatic carbocycles. The minimum atomic E-state index is 0.123. The minimum absolute atomic E-state index is 0.123. The van der Waals surface area contributed by atoms with Gasteiger partial charge in [-0.15, -0.1) is 0 Å². The summed E-state index contributed by atoms with van der Waals surface area (Å²) in [5.74, 6) is 0.123. The van der Waals surface area contributed by atoms with Gasteiger partial charge in [0.15, 0.2) is 0 Å². The number of carbonyl (C=O) groups excluding carboxylic acids is 1. The highest BCUT2D eigenvalue weighted by atomic mass is 16.2. The number of carbonyl (C=O) groups is 1. The van der Waals surface area contributed by atoms with E-state index < -0.39 is 0 Å². The smallest absolute Gasteiger partial charge is 0.246 e. The van der Waals surface area contributed by atoms with Crippen molar-refractivity contribution >= 4 is 12.0 Å². The molecule has 0 radical (unpaired) electrons. The fourth-order valence-electron chi connectivity index (χ4n) is 3.69. The summed E-state index contributed by atoms with van der Waals surface area (Å²) in [7, 11) is 1.93. The summed E-state index contributed by atoms with van der Waals surface area (Å²) in [5, 5.41) is 4.40. The average molecular weight is 337 g/mol. The second-order valence-corrected chi connectivity index (χ2v) is 6.89. The summed E-state index contributed by atoms with van der Waals surface area (Å²) in [6, 6.07) is 10.9. The summed E-state index contributed by atoms with van der Waals surface area (Å²) in [6.07, 6.45) is 7.92. The molecule has 132 valence electrons. The first-order valence-corrected chi connectivity index (χ1v) is 9.09. The van der Waals surface area contributed by atoms with Crippen LogP contribution in [0.4, 0.5) is 0 Å². The maximum Gasteiger partial charge on any atom is 0.246 e. The van der Waals surface area contributed by atoms with E-state index in [1.54, 1.807) is 6.08 Å². The maximum atomic E-state index is 12.7. The molecule has 0 spiro atoms. The predicted molar refractivity (Wildman–Crippen MR) is 101 cm³/mol. The number of hydrogen-bond acceptors (Lipinski definition) is 2. The molecule has 1 fully saturated rings. The van der Waals surface area contributed by atoms with Gasteiger partial charge in [0, 0.05) is 37.0 Å². The number of rotatable bonds is 5. The number of aryl methyl sites for hydroxylation is 3. The second-order valence-electron chi connectivity index (χ2n) is 6.89. The van der Waals surface area contributed by atoms with E-state index in [2.05, 4.69) is 29.4 Å². The lowest BCUT2D eigenvalue weighted by molar-refractivity contribution is -0.126. The number of amides is 1. The van der Waals surface area contributed by atoms with Crippen molar-refractivity contribution in [2.24, 2.45) is 7.05 Å². The third-order valence-corrected chi connectivity index (χ3v) is 5.23. The Labute approximate surface area is 150 Å². The van der Waals surface area contributed by atoms with Gasteiger partial charge < -0.3 is 4.90 Å². The molecule has 1 aromatic carbocycles. The van der Waals surface area contributed by atoms with Crippen LogP contribution in [-0.2, 0) is 18.3 Å². The zero-order valence-corrected chi connectivity index (χ0v) is 15.4. The van der Waals surface area contributed by atoms with Crippen LogP contribution in [0.25, 0.3) is 6.08 Å². The van der Waals surface area contributed by atoms with Crippen LogP contribution >= 0.6 is 0 Å². The van der Waals surface area contributed by atoms with Gasteiger partial charge in [-0.3, -0.25) is 9.48 Å². The van der Waals surface area contributed by atoms with Gasteiger partial charge in [-0.25, -0.2) is 0 Å². The van der Waals surface area contributed by atoms with Crippen molar-refractivity contribution < 1.29 is 4.79 Å². The largest absolute Gasteiger partial charge is 0.336 e. The summed E-state index contributed by atoms with van der Waals surface area (Å²) in [4.78, 5) is 14.7. The van der Waals surface area contributed by atoms with Gasteiger partial charge in [0.25, 0.3) is 0 Å². The molecule has 2 aromatic rings. The Morgan fingerprint density at radius 3 is 2.72 bits per heavy atom. The van der Waals surface area contributed by atoms with Gasteiger partial charge >= 0.3 is 0 Å². The van der Waals surface area contributed by atoms with Crippen LogP contribution in [0.1, 0.15) is 41.8 Å². The van der Waals surface area contributed by atoms with Crippen molar-refractivity contribution in [3.8, 4) is 0 Å². The molecule has 1 atom stereocenters. The maximum absolute atomic E-state index is 12.7. The van der Waals surface area contributed by atoms with Crippen LogP contribution in [0.5, 0.6) is 0 Å². The first-order chi connectivity index (χ1) is 12.1. The molecule has 25 heavy (non-hydrogen) atoms. The van der Waals surface area contributed by atoms with E-state index >= 15 is 0 Å². The summed E-state index contributed by atoms with van der Waals surface area (Å²) < 4.78 is 1.86. The molecular weight excluding hydrogens is 310 g/mol. The van der Waals surface area contributed by atoms with E-state index in [1.807, 2.05) is 42.6 Å². The zero-order valence-electron chi connectivity index (χ0n) is 15.4. The molecule has 0 N–H and O–H groups in total. The van der Waals surface area contributed by atoms with Crippen molar-refractivity contribution in [1.29, 1.82) is 0 Å². The van der Waals surface area contributed by atoms with Gasteiger partial charge in [-0.2, -0.15) is 5.10 Å². The lowest BCUT2D eigenvalue weighted by atomic mass is 10.0. The SMILES string of the molecule is Cc1nn(C)c(C)c1/C=C/C(=O)N1CCCC1CCc1ccccc1. The van der Waals surface area contributed by atoms with E-state index in [0.717, 1.165) is 49.2 Å². The molecule has 1 saturated heterocycles. The van der Waals surface area contributed by atoms with Crippen molar-refractivity contribution in [2.45, 2.75) is 45.6 Å². The second kappa shape index (κ2) is 7.68. The van der Waals surface area contributed by atoms with Crippen molar-refractivity contribution in [3.63, 3.8) is 0 Å². The Hall–Kier alpha value is -2.36. The van der Waals surface area contributed by atoms with Crippen LogP contribution < -0.4 is 0 Å². The third kappa shape index (κ3) is 4.01. The molecule has 1 unspecified atom stereocenters. The van der Waals surface area contributed by atoms with E-state index in [1.165, 1.54) is 5.56 Å². The molecule has 0 bridgehead atoms. The number of aromatic nitrogens is 2. The fourth-order valence-corrected chi connectivity index (χ4v) is 3.69. The summed E-state index contributed by atoms with van der Waals surface area (Å²) in [5.41, 5.74) is 4.45. The van der Waals surface area contributed by atoms with Crippen LogP contribution in [0.2, 0.25) is 0 Å². The third-order valence-electron chi connectivity index (χ3n) is 5.23. The molecule has 4 heteroatoms. The normalized spacial score (nSPS) is 17.6. The topological polar surface area (TPSA) is 38.1 Å². The average Bonchev–Trinajstić information content (AvgIpc) is 3.17. The Bertz CT molecular complexity index is 761. The molecule has 0 saturated carbocycles. The standard InChI is InChI=1S/C21H27N3O/c1-16-20(17(2)23(3)22-16)13-14-21(25)24-15-7-10-19(24)12-11-18-8-5-4-6-9-18/h4-6,8-9,13-14,19H,7,10-12,15H2,1-3H3/b14-13+. The lowest BCUT2D eigenvalue weighted by Crippen LogP contribution is -2.34. The first-order valence-electron chi connectivity index (χ1n) is 9.09. The van der Waals surface area contributed by atoms with E-state index in [-0.39, 0.29) is 5.91 Å². The highest BCUT2D eigenvalue weighted by Gasteiger charge is 2.27. The molecule has 1 aromatic heterocycles.